The van der Waals surface area contributed by atoms with Crippen molar-refractivity contribution in [3.05, 3.63) is 150 Å². The summed E-state index contributed by atoms with van der Waals surface area (Å²) in [5.41, 5.74) is 3.65. The number of carbonyl (C=O) groups excluding carboxylic acids is 1. The Morgan fingerprint density at radius 2 is 1.70 bits per heavy atom. The average Bonchev–Trinajstić information content (AvgIpc) is 3.38. The summed E-state index contributed by atoms with van der Waals surface area (Å²) < 4.78 is 19.0. The Morgan fingerprint density at radius 1 is 0.957 bits per heavy atom. The van der Waals surface area contributed by atoms with Gasteiger partial charge in [-0.3, -0.25) is 14.2 Å². The Bertz CT molecular complexity index is 2120. The summed E-state index contributed by atoms with van der Waals surface area (Å²) in [7, 11) is 3.16. The van der Waals surface area contributed by atoms with E-state index in [-0.39, 0.29) is 18.1 Å². The Balaban J connectivity index is 1.38. The van der Waals surface area contributed by atoms with Gasteiger partial charge in [0.05, 0.1) is 36.1 Å². The molecule has 1 N–H and O–H groups in total. The van der Waals surface area contributed by atoms with Gasteiger partial charge in [0.2, 0.25) is 0 Å². The topological polar surface area (TPSA) is 91.2 Å². The molecule has 10 heteroatoms. The van der Waals surface area contributed by atoms with E-state index in [1.165, 1.54) is 11.3 Å². The van der Waals surface area contributed by atoms with Crippen molar-refractivity contribution in [3.8, 4) is 17.2 Å². The van der Waals surface area contributed by atoms with E-state index in [9.17, 15) is 9.59 Å². The molecule has 1 amide bonds. The number of nitrogens with zero attached hydrogens (tertiary/aromatic N) is 2. The zero-order valence-electron chi connectivity index (χ0n) is 25.3. The van der Waals surface area contributed by atoms with E-state index in [1.807, 2.05) is 91.0 Å². The molecule has 2 heterocycles. The van der Waals surface area contributed by atoms with E-state index in [0.29, 0.717) is 48.6 Å². The lowest BCUT2D eigenvalue weighted by Crippen LogP contribution is -2.40. The van der Waals surface area contributed by atoms with Crippen LogP contribution < -0.4 is 34.4 Å². The van der Waals surface area contributed by atoms with E-state index in [1.54, 1.807) is 37.9 Å². The maximum absolute atomic E-state index is 14.1. The fourth-order valence-corrected chi connectivity index (χ4v) is 6.49. The lowest BCUT2D eigenvalue weighted by molar-refractivity contribution is -0.113. The highest BCUT2D eigenvalue weighted by atomic mass is 35.5. The molecule has 1 aliphatic rings. The second kappa shape index (κ2) is 13.5. The maximum atomic E-state index is 14.1. The highest BCUT2D eigenvalue weighted by Gasteiger charge is 2.32. The molecule has 0 fully saturated rings. The van der Waals surface area contributed by atoms with Crippen LogP contribution in [-0.4, -0.2) is 24.7 Å². The van der Waals surface area contributed by atoms with Crippen LogP contribution in [0.2, 0.25) is 5.02 Å². The van der Waals surface area contributed by atoms with E-state index >= 15 is 0 Å². The zero-order valence-corrected chi connectivity index (χ0v) is 26.9. The van der Waals surface area contributed by atoms with Gasteiger partial charge in [0.15, 0.2) is 16.3 Å². The first kappa shape index (κ1) is 30.9. The van der Waals surface area contributed by atoms with Gasteiger partial charge >= 0.3 is 0 Å². The highest BCUT2D eigenvalue weighted by molar-refractivity contribution is 7.07. The predicted octanol–water partition coefficient (Wildman–Crippen LogP) is 6.12. The molecule has 0 aliphatic carbocycles. The molecular formula is C36H30ClN3O5S. The van der Waals surface area contributed by atoms with Crippen molar-refractivity contribution < 1.29 is 19.0 Å². The van der Waals surface area contributed by atoms with Gasteiger partial charge in [0.1, 0.15) is 12.4 Å². The van der Waals surface area contributed by atoms with Gasteiger partial charge in [-0.15, -0.1) is 0 Å². The summed E-state index contributed by atoms with van der Waals surface area (Å²) >= 11 is 7.55. The molecule has 1 aromatic heterocycles. The fourth-order valence-electron chi connectivity index (χ4n) is 5.25. The van der Waals surface area contributed by atoms with Gasteiger partial charge in [0.25, 0.3) is 11.5 Å². The number of amides is 1. The number of rotatable bonds is 9. The van der Waals surface area contributed by atoms with Crippen molar-refractivity contribution in [1.82, 2.24) is 4.57 Å². The molecular weight excluding hydrogens is 622 g/mol. The van der Waals surface area contributed by atoms with Crippen LogP contribution in [0.25, 0.3) is 6.08 Å². The Kier molecular flexibility index (Phi) is 9.05. The summed E-state index contributed by atoms with van der Waals surface area (Å²) in [4.78, 5) is 33.1. The second-order valence-corrected chi connectivity index (χ2v) is 11.9. The number of para-hydroxylation sites is 1. The van der Waals surface area contributed by atoms with Crippen LogP contribution in [0.15, 0.2) is 118 Å². The summed E-state index contributed by atoms with van der Waals surface area (Å²) in [5.74, 6) is 1.39. The number of ether oxygens (including phenoxy) is 3. The lowest BCUT2D eigenvalue weighted by Gasteiger charge is -2.25. The van der Waals surface area contributed by atoms with Crippen molar-refractivity contribution in [2.45, 2.75) is 19.6 Å². The molecule has 0 saturated carbocycles. The first-order valence-corrected chi connectivity index (χ1v) is 15.6. The van der Waals surface area contributed by atoms with Crippen molar-refractivity contribution >= 4 is 40.6 Å². The Hall–Kier alpha value is -5.12. The first-order chi connectivity index (χ1) is 22.4. The van der Waals surface area contributed by atoms with Gasteiger partial charge in [-0.05, 0) is 66.6 Å². The van der Waals surface area contributed by atoms with Gasteiger partial charge < -0.3 is 19.5 Å². The van der Waals surface area contributed by atoms with Crippen LogP contribution in [0, 0.1) is 0 Å². The number of nitrogens with one attached hydrogen (secondary N) is 1. The number of aromatic nitrogens is 1. The SMILES string of the molecule is COc1ccc([C@H]2C(C(=O)Nc3ccccc3)=C(C)N=c3s/c(=C/c4ccc(OCc5ccccc5Cl)c(OC)c4)c(=O)n32)cc1. The van der Waals surface area contributed by atoms with E-state index in [4.69, 9.17) is 30.8 Å². The number of fused-ring (bicyclic) bond motifs is 1. The van der Waals surface area contributed by atoms with Crippen LogP contribution in [0.1, 0.15) is 29.7 Å². The number of carbonyl (C=O) groups is 1. The minimum Gasteiger partial charge on any atom is -0.497 e. The van der Waals surface area contributed by atoms with Crippen LogP contribution in [0.3, 0.4) is 0 Å². The van der Waals surface area contributed by atoms with Gasteiger partial charge in [0, 0.05) is 16.3 Å². The number of halogens is 1. The lowest BCUT2D eigenvalue weighted by atomic mass is 9.95. The number of hydrogen-bond donors (Lipinski definition) is 1. The van der Waals surface area contributed by atoms with Crippen LogP contribution in [0.4, 0.5) is 5.69 Å². The molecule has 1 atom stereocenters. The quantitative estimate of drug-likeness (QED) is 0.207. The molecule has 0 radical (unpaired) electrons. The predicted molar refractivity (Wildman–Crippen MR) is 181 cm³/mol. The third kappa shape index (κ3) is 6.33. The smallest absolute Gasteiger partial charge is 0.271 e. The van der Waals surface area contributed by atoms with Gasteiger partial charge in [-0.25, -0.2) is 4.99 Å². The number of hydrogen-bond acceptors (Lipinski definition) is 7. The molecule has 46 heavy (non-hydrogen) atoms. The number of anilines is 1. The maximum Gasteiger partial charge on any atom is 0.271 e. The molecule has 8 nitrogen and oxygen atoms in total. The molecule has 6 rings (SSSR count). The average molecular weight is 652 g/mol. The highest BCUT2D eigenvalue weighted by Crippen LogP contribution is 2.32. The number of methoxy groups -OCH3 is 2. The van der Waals surface area contributed by atoms with Crippen LogP contribution in [0.5, 0.6) is 17.2 Å². The summed E-state index contributed by atoms with van der Waals surface area (Å²) in [6, 6.07) is 28.8. The third-order valence-corrected chi connectivity index (χ3v) is 8.91. The largest absolute Gasteiger partial charge is 0.497 e. The fraction of sp³-hybridized carbons (Fsp3) is 0.139. The van der Waals surface area contributed by atoms with E-state index in [2.05, 4.69) is 5.32 Å². The molecule has 232 valence electrons. The number of allylic oxidation sites excluding steroid dienone is 1. The second-order valence-electron chi connectivity index (χ2n) is 10.5. The minimum atomic E-state index is -0.705. The monoisotopic (exact) mass is 651 g/mol. The van der Waals surface area contributed by atoms with Crippen LogP contribution in [-0.2, 0) is 11.4 Å². The van der Waals surface area contributed by atoms with E-state index < -0.39 is 6.04 Å². The van der Waals surface area contributed by atoms with Crippen molar-refractivity contribution in [1.29, 1.82) is 0 Å². The normalized spacial score (nSPS) is 14.3. The minimum absolute atomic E-state index is 0.264. The molecule has 0 unspecified atom stereocenters. The number of benzene rings is 4. The Labute approximate surface area is 274 Å². The van der Waals surface area contributed by atoms with Gasteiger partial charge in [-0.2, -0.15) is 0 Å². The molecule has 0 bridgehead atoms. The molecule has 0 spiro atoms. The van der Waals surface area contributed by atoms with E-state index in [0.717, 1.165) is 16.7 Å². The van der Waals surface area contributed by atoms with Gasteiger partial charge in [-0.1, -0.05) is 77.5 Å². The molecule has 4 aromatic carbocycles. The van der Waals surface area contributed by atoms with Crippen molar-refractivity contribution in [2.75, 3.05) is 19.5 Å². The van der Waals surface area contributed by atoms with Crippen molar-refractivity contribution in [3.63, 3.8) is 0 Å². The number of thiazole rings is 1. The summed E-state index contributed by atoms with van der Waals surface area (Å²) in [5, 5.41) is 3.59. The summed E-state index contributed by atoms with van der Waals surface area (Å²) in [6.45, 7) is 2.07. The van der Waals surface area contributed by atoms with Crippen molar-refractivity contribution in [2.24, 2.45) is 4.99 Å². The summed E-state index contributed by atoms with van der Waals surface area (Å²) in [6.07, 6.45) is 1.79. The molecule has 1 aliphatic heterocycles. The first-order valence-electron chi connectivity index (χ1n) is 14.4. The van der Waals surface area contributed by atoms with Crippen LogP contribution >= 0.6 is 22.9 Å². The molecule has 0 saturated heterocycles. The molecule has 5 aromatic rings. The standard InChI is InChI=1S/C36H30ClN3O5S/c1-22-32(34(41)39-26-10-5-4-6-11-26)33(24-14-16-27(43-2)17-15-24)40-35(42)31(46-36(40)38-22)20-23-13-18-29(30(19-23)44-3)45-21-25-9-7-8-12-28(25)37/h4-20,33H,21H2,1-3H3,(H,39,41)/b31-20+/t33-/m0/s1. The Morgan fingerprint density at radius 3 is 2.41 bits per heavy atom. The zero-order chi connectivity index (χ0) is 32.2. The third-order valence-electron chi connectivity index (χ3n) is 7.56.